The molecule has 2 N–H and O–H groups in total. The van der Waals surface area contributed by atoms with Crippen molar-refractivity contribution in [3.63, 3.8) is 0 Å². The van der Waals surface area contributed by atoms with E-state index in [1.54, 1.807) is 0 Å². The highest BCUT2D eigenvalue weighted by molar-refractivity contribution is 7.50. The fourth-order valence-electron chi connectivity index (χ4n) is 1.68. The van der Waals surface area contributed by atoms with Gasteiger partial charge in [0.1, 0.15) is 15.2 Å². The summed E-state index contributed by atoms with van der Waals surface area (Å²) in [6.45, 7) is 0. The molecule has 0 amide bonds. The highest BCUT2D eigenvalue weighted by Crippen LogP contribution is 2.31. The van der Waals surface area contributed by atoms with E-state index >= 15 is 0 Å². The van der Waals surface area contributed by atoms with E-state index in [-0.39, 0.29) is 12.3 Å². The number of hydrogen-bond acceptors (Lipinski definition) is 4. The van der Waals surface area contributed by atoms with Crippen molar-refractivity contribution >= 4 is 15.2 Å². The summed E-state index contributed by atoms with van der Waals surface area (Å²) in [6.07, 6.45) is 6.01. The number of hydrogen-bond donors (Lipinski definition) is 2. The molecule has 0 aliphatic carbocycles. The Labute approximate surface area is 108 Å². The van der Waals surface area contributed by atoms with E-state index in [1.807, 2.05) is 0 Å². The van der Waals surface area contributed by atoms with E-state index in [1.165, 1.54) is 0 Å². The molecular formula is C10H22O6P2-2. The lowest BCUT2D eigenvalue weighted by molar-refractivity contribution is -0.194. The predicted molar refractivity (Wildman–Crippen MR) is 66.3 cm³/mol. The fourth-order valence-corrected chi connectivity index (χ4v) is 2.93. The maximum absolute atomic E-state index is 10.4. The molecule has 110 valence electrons. The largest absolute Gasteiger partial charge is 0.779 e. The molecular weight excluding hydrogens is 278 g/mol. The second-order valence-corrected chi connectivity index (χ2v) is 7.99. The summed E-state index contributed by atoms with van der Waals surface area (Å²) < 4.78 is 20.9. The van der Waals surface area contributed by atoms with Gasteiger partial charge in [0.2, 0.25) is 0 Å². The first-order valence-corrected chi connectivity index (χ1v) is 9.79. The van der Waals surface area contributed by atoms with Gasteiger partial charge in [-0.3, -0.25) is 0 Å². The lowest BCUT2D eigenvalue weighted by atomic mass is 10.1. The van der Waals surface area contributed by atoms with Crippen LogP contribution in [0.1, 0.15) is 51.4 Å². The highest BCUT2D eigenvalue weighted by atomic mass is 31.2. The Morgan fingerprint density at radius 2 is 0.833 bits per heavy atom. The smallest absolute Gasteiger partial charge is 0.132 e. The molecule has 0 heterocycles. The molecule has 18 heavy (non-hydrogen) atoms. The summed E-state index contributed by atoms with van der Waals surface area (Å²) in [5, 5.41) is 0. The molecule has 0 saturated heterocycles. The van der Waals surface area contributed by atoms with Crippen LogP contribution in [0, 0.1) is 0 Å². The Morgan fingerprint density at radius 1 is 0.611 bits per heavy atom. The SMILES string of the molecule is O=P([O-])(O)CCCCCCCCCCP(=O)([O-])O. The lowest BCUT2D eigenvalue weighted by Crippen LogP contribution is -2.03. The van der Waals surface area contributed by atoms with Crippen LogP contribution < -0.4 is 9.79 Å². The third-order valence-corrected chi connectivity index (χ3v) is 4.39. The minimum Gasteiger partial charge on any atom is -0.779 e. The van der Waals surface area contributed by atoms with E-state index in [2.05, 4.69) is 0 Å². The number of unbranched alkanes of at least 4 members (excludes halogenated alkanes) is 7. The summed E-state index contributed by atoms with van der Waals surface area (Å²) in [5.41, 5.74) is 0. The van der Waals surface area contributed by atoms with Gasteiger partial charge in [-0.25, -0.2) is 0 Å². The van der Waals surface area contributed by atoms with Crippen LogP contribution in [0.15, 0.2) is 0 Å². The lowest BCUT2D eigenvalue weighted by Gasteiger charge is -2.15. The second kappa shape index (κ2) is 9.24. The highest BCUT2D eigenvalue weighted by Gasteiger charge is 2.02. The van der Waals surface area contributed by atoms with Crippen LogP contribution in [0.4, 0.5) is 0 Å². The molecule has 0 aliphatic rings. The molecule has 0 spiro atoms. The average Bonchev–Trinajstić information content (AvgIpc) is 2.17. The van der Waals surface area contributed by atoms with Crippen molar-refractivity contribution in [3.05, 3.63) is 0 Å². The van der Waals surface area contributed by atoms with Gasteiger partial charge in [-0.1, -0.05) is 38.5 Å². The van der Waals surface area contributed by atoms with Crippen LogP contribution in [0.2, 0.25) is 0 Å². The summed E-state index contributed by atoms with van der Waals surface area (Å²) in [6, 6.07) is 0. The van der Waals surface area contributed by atoms with Crippen molar-refractivity contribution in [1.29, 1.82) is 0 Å². The predicted octanol–water partition coefficient (Wildman–Crippen LogP) is 1.20. The van der Waals surface area contributed by atoms with Crippen molar-refractivity contribution in [2.24, 2.45) is 0 Å². The van der Waals surface area contributed by atoms with Crippen molar-refractivity contribution in [2.75, 3.05) is 12.3 Å². The van der Waals surface area contributed by atoms with Gasteiger partial charge in [0.25, 0.3) is 0 Å². The van der Waals surface area contributed by atoms with Crippen molar-refractivity contribution in [1.82, 2.24) is 0 Å². The van der Waals surface area contributed by atoms with Crippen LogP contribution in [-0.4, -0.2) is 22.1 Å². The van der Waals surface area contributed by atoms with E-state index in [4.69, 9.17) is 9.79 Å². The molecule has 8 heteroatoms. The topological polar surface area (TPSA) is 121 Å². The van der Waals surface area contributed by atoms with Gasteiger partial charge < -0.3 is 28.7 Å². The van der Waals surface area contributed by atoms with Crippen LogP contribution in [0.5, 0.6) is 0 Å². The Hall–Kier alpha value is 0.300. The zero-order valence-corrected chi connectivity index (χ0v) is 12.3. The molecule has 2 unspecified atom stereocenters. The molecule has 0 fully saturated rings. The summed E-state index contributed by atoms with van der Waals surface area (Å²) in [4.78, 5) is 37.9. The van der Waals surface area contributed by atoms with E-state index in [0.717, 1.165) is 38.5 Å². The standard InChI is InChI=1S/C10H24O6P2/c11-17(12,13)9-7-5-3-1-2-4-6-8-10-18(14,15)16/h1-10H2,(H2,11,12,13)(H2,14,15,16)/p-2. The zero-order chi connectivity index (χ0) is 14.1. The first kappa shape index (κ1) is 18.3. The van der Waals surface area contributed by atoms with Gasteiger partial charge in [0.05, 0.1) is 0 Å². The summed E-state index contributed by atoms with van der Waals surface area (Å²) >= 11 is 0. The van der Waals surface area contributed by atoms with Crippen LogP contribution in [-0.2, 0) is 9.13 Å². The molecule has 0 aromatic carbocycles. The first-order valence-electron chi connectivity index (χ1n) is 6.26. The molecule has 0 bridgehead atoms. The summed E-state index contributed by atoms with van der Waals surface area (Å²) in [5.74, 6) is 0. The van der Waals surface area contributed by atoms with Gasteiger partial charge in [-0.15, -0.1) is 0 Å². The molecule has 2 atom stereocenters. The quantitative estimate of drug-likeness (QED) is 0.437. The van der Waals surface area contributed by atoms with Gasteiger partial charge >= 0.3 is 0 Å². The van der Waals surface area contributed by atoms with E-state index in [9.17, 15) is 18.9 Å². The van der Waals surface area contributed by atoms with Crippen molar-refractivity contribution in [2.45, 2.75) is 51.4 Å². The van der Waals surface area contributed by atoms with Crippen LogP contribution >= 0.6 is 15.2 Å². The van der Waals surface area contributed by atoms with Gasteiger partial charge in [-0.2, -0.15) is 0 Å². The summed E-state index contributed by atoms with van der Waals surface area (Å²) in [7, 11) is -8.16. The Balaban J connectivity index is 3.17. The van der Waals surface area contributed by atoms with Crippen molar-refractivity contribution < 1.29 is 28.7 Å². The maximum Gasteiger partial charge on any atom is 0.132 e. The third-order valence-electron chi connectivity index (χ3n) is 2.63. The molecule has 0 radical (unpaired) electrons. The van der Waals surface area contributed by atoms with Gasteiger partial charge in [0, 0.05) is 12.3 Å². The molecule has 6 nitrogen and oxygen atoms in total. The van der Waals surface area contributed by atoms with Gasteiger partial charge in [-0.05, 0) is 12.8 Å². The average molecular weight is 300 g/mol. The van der Waals surface area contributed by atoms with Gasteiger partial charge in [0.15, 0.2) is 0 Å². The Kier molecular flexibility index (Phi) is 9.40. The third kappa shape index (κ3) is 16.3. The molecule has 0 aromatic heterocycles. The van der Waals surface area contributed by atoms with E-state index < -0.39 is 15.2 Å². The molecule has 0 saturated carbocycles. The minimum atomic E-state index is -4.08. The Bertz CT molecular complexity index is 265. The monoisotopic (exact) mass is 300 g/mol. The van der Waals surface area contributed by atoms with Crippen LogP contribution in [0.3, 0.4) is 0 Å². The van der Waals surface area contributed by atoms with Crippen LogP contribution in [0.25, 0.3) is 0 Å². The first-order chi connectivity index (χ1) is 8.21. The number of rotatable bonds is 11. The molecule has 0 rings (SSSR count). The minimum absolute atomic E-state index is 0.151. The molecule has 0 aliphatic heterocycles. The molecule has 0 aromatic rings. The Morgan fingerprint density at radius 3 is 1.06 bits per heavy atom. The maximum atomic E-state index is 10.4. The fraction of sp³-hybridized carbons (Fsp3) is 1.00. The second-order valence-electron chi connectivity index (χ2n) is 4.55. The normalized spacial score (nSPS) is 18.2. The van der Waals surface area contributed by atoms with Crippen molar-refractivity contribution in [3.8, 4) is 0 Å². The zero-order valence-electron chi connectivity index (χ0n) is 10.5. The van der Waals surface area contributed by atoms with E-state index in [0.29, 0.717) is 12.8 Å².